The summed E-state index contributed by atoms with van der Waals surface area (Å²) in [6, 6.07) is 18.2. The summed E-state index contributed by atoms with van der Waals surface area (Å²) in [6.07, 6.45) is 6.32. The molecule has 4 aromatic rings. The third kappa shape index (κ3) is 4.15. The predicted molar refractivity (Wildman–Crippen MR) is 111 cm³/mol. The molecule has 0 saturated carbocycles. The first-order valence-corrected chi connectivity index (χ1v) is 9.32. The summed E-state index contributed by atoms with van der Waals surface area (Å²) in [4.78, 5) is 13.4. The molecule has 0 amide bonds. The maximum atomic E-state index is 5.35. The standard InChI is InChI=1S/C23H22N4O/c1-28-21-6-5-18-14-19(16-25-13-9-20-4-2-3-10-26-20)23(27-22(18)15-21)17-7-11-24-12-8-17/h2-8,10-12,14-15,25H,9,13,16H2,1H3. The fraction of sp³-hybridized carbons (Fsp3) is 0.174. The van der Waals surface area contributed by atoms with Gasteiger partial charge in [-0.2, -0.15) is 0 Å². The van der Waals surface area contributed by atoms with Gasteiger partial charge in [-0.1, -0.05) is 6.07 Å². The molecule has 0 spiro atoms. The molecule has 0 radical (unpaired) electrons. The first kappa shape index (κ1) is 18.1. The molecule has 0 unspecified atom stereocenters. The minimum absolute atomic E-state index is 0.736. The lowest BCUT2D eigenvalue weighted by molar-refractivity contribution is 0.415. The smallest absolute Gasteiger partial charge is 0.121 e. The van der Waals surface area contributed by atoms with E-state index in [0.717, 1.165) is 58.7 Å². The molecule has 3 heterocycles. The third-order valence-corrected chi connectivity index (χ3v) is 4.66. The highest BCUT2D eigenvalue weighted by Crippen LogP contribution is 2.27. The zero-order valence-electron chi connectivity index (χ0n) is 15.8. The molecule has 0 saturated heterocycles. The first-order valence-electron chi connectivity index (χ1n) is 9.32. The van der Waals surface area contributed by atoms with Crippen LogP contribution in [0.15, 0.2) is 73.2 Å². The van der Waals surface area contributed by atoms with Crippen molar-refractivity contribution in [3.8, 4) is 17.0 Å². The van der Waals surface area contributed by atoms with Crippen molar-refractivity contribution in [1.82, 2.24) is 20.3 Å². The monoisotopic (exact) mass is 370 g/mol. The molecule has 0 fully saturated rings. The normalized spacial score (nSPS) is 10.9. The summed E-state index contributed by atoms with van der Waals surface area (Å²) in [5.41, 5.74) is 5.19. The molecule has 0 bridgehead atoms. The van der Waals surface area contributed by atoms with Gasteiger partial charge in [0.2, 0.25) is 0 Å². The van der Waals surface area contributed by atoms with Gasteiger partial charge in [-0.3, -0.25) is 9.97 Å². The van der Waals surface area contributed by atoms with E-state index in [1.165, 1.54) is 0 Å². The molecule has 4 rings (SSSR count). The van der Waals surface area contributed by atoms with E-state index in [1.807, 2.05) is 42.6 Å². The highest BCUT2D eigenvalue weighted by atomic mass is 16.5. The van der Waals surface area contributed by atoms with Crippen molar-refractivity contribution in [1.29, 1.82) is 0 Å². The number of rotatable bonds is 7. The fourth-order valence-corrected chi connectivity index (χ4v) is 3.20. The molecule has 140 valence electrons. The number of ether oxygens (including phenoxy) is 1. The Hall–Kier alpha value is -3.31. The van der Waals surface area contributed by atoms with E-state index in [-0.39, 0.29) is 0 Å². The molecular formula is C23H22N4O. The predicted octanol–water partition coefficient (Wildman–Crippen LogP) is 4.03. The second-order valence-electron chi connectivity index (χ2n) is 6.54. The van der Waals surface area contributed by atoms with Crippen LogP contribution in [0.3, 0.4) is 0 Å². The van der Waals surface area contributed by atoms with Crippen molar-refractivity contribution in [3.05, 3.63) is 84.4 Å². The van der Waals surface area contributed by atoms with Gasteiger partial charge in [-0.25, -0.2) is 4.98 Å². The summed E-state index contributed by atoms with van der Waals surface area (Å²) >= 11 is 0. The number of nitrogens with zero attached hydrogens (tertiary/aromatic N) is 3. The van der Waals surface area contributed by atoms with Crippen molar-refractivity contribution in [2.24, 2.45) is 0 Å². The van der Waals surface area contributed by atoms with Crippen molar-refractivity contribution in [3.63, 3.8) is 0 Å². The van der Waals surface area contributed by atoms with Crippen LogP contribution in [0.1, 0.15) is 11.3 Å². The summed E-state index contributed by atoms with van der Waals surface area (Å²) in [5.74, 6) is 0.807. The van der Waals surface area contributed by atoms with Crippen LogP contribution >= 0.6 is 0 Å². The van der Waals surface area contributed by atoms with Crippen LogP contribution in [0.2, 0.25) is 0 Å². The molecule has 0 aliphatic rings. The van der Waals surface area contributed by atoms with E-state index in [9.17, 15) is 0 Å². The highest BCUT2D eigenvalue weighted by Gasteiger charge is 2.10. The SMILES string of the molecule is COc1ccc2cc(CNCCc3ccccn3)c(-c3ccncc3)nc2c1. The van der Waals surface area contributed by atoms with Crippen LogP contribution in [0.4, 0.5) is 0 Å². The largest absolute Gasteiger partial charge is 0.497 e. The fourth-order valence-electron chi connectivity index (χ4n) is 3.20. The zero-order chi connectivity index (χ0) is 19.2. The molecule has 1 N–H and O–H groups in total. The Morgan fingerprint density at radius 2 is 1.86 bits per heavy atom. The summed E-state index contributed by atoms with van der Waals surface area (Å²) in [5, 5.41) is 4.62. The van der Waals surface area contributed by atoms with Gasteiger partial charge >= 0.3 is 0 Å². The maximum absolute atomic E-state index is 5.35. The summed E-state index contributed by atoms with van der Waals surface area (Å²) in [6.45, 7) is 1.59. The van der Waals surface area contributed by atoms with Crippen LogP contribution in [-0.2, 0) is 13.0 Å². The minimum Gasteiger partial charge on any atom is -0.497 e. The van der Waals surface area contributed by atoms with E-state index in [4.69, 9.17) is 9.72 Å². The van der Waals surface area contributed by atoms with Gasteiger partial charge in [0.15, 0.2) is 0 Å². The van der Waals surface area contributed by atoms with Gasteiger partial charge in [0.25, 0.3) is 0 Å². The molecule has 28 heavy (non-hydrogen) atoms. The number of fused-ring (bicyclic) bond motifs is 1. The van der Waals surface area contributed by atoms with E-state index in [2.05, 4.69) is 33.5 Å². The Balaban J connectivity index is 1.59. The number of hydrogen-bond acceptors (Lipinski definition) is 5. The number of pyridine rings is 3. The maximum Gasteiger partial charge on any atom is 0.121 e. The molecular weight excluding hydrogens is 348 g/mol. The number of aromatic nitrogens is 3. The number of hydrogen-bond donors (Lipinski definition) is 1. The van der Waals surface area contributed by atoms with E-state index >= 15 is 0 Å². The number of methoxy groups -OCH3 is 1. The molecule has 1 aromatic carbocycles. The topological polar surface area (TPSA) is 59.9 Å². The average molecular weight is 370 g/mol. The summed E-state index contributed by atoms with van der Waals surface area (Å²) in [7, 11) is 1.67. The van der Waals surface area contributed by atoms with Crippen molar-refractivity contribution in [2.45, 2.75) is 13.0 Å². The van der Waals surface area contributed by atoms with Gasteiger partial charge in [0, 0.05) is 60.8 Å². The van der Waals surface area contributed by atoms with Crippen LogP contribution in [-0.4, -0.2) is 28.6 Å². The Kier molecular flexibility index (Phi) is 5.54. The van der Waals surface area contributed by atoms with Crippen LogP contribution < -0.4 is 10.1 Å². The van der Waals surface area contributed by atoms with E-state index < -0.39 is 0 Å². The Morgan fingerprint density at radius 3 is 2.64 bits per heavy atom. The molecule has 0 aliphatic carbocycles. The second kappa shape index (κ2) is 8.59. The second-order valence-corrected chi connectivity index (χ2v) is 6.54. The van der Waals surface area contributed by atoms with Gasteiger partial charge in [0.1, 0.15) is 5.75 Å². The van der Waals surface area contributed by atoms with E-state index in [0.29, 0.717) is 0 Å². The Bertz CT molecular complexity index is 1050. The number of nitrogens with one attached hydrogen (secondary N) is 1. The summed E-state index contributed by atoms with van der Waals surface area (Å²) < 4.78 is 5.35. The van der Waals surface area contributed by atoms with Gasteiger partial charge in [-0.05, 0) is 48.0 Å². The number of benzene rings is 1. The highest BCUT2D eigenvalue weighted by molar-refractivity contribution is 5.84. The lowest BCUT2D eigenvalue weighted by atomic mass is 10.0. The molecule has 5 nitrogen and oxygen atoms in total. The molecule has 3 aromatic heterocycles. The Labute approximate surface area is 164 Å². The van der Waals surface area contributed by atoms with Crippen molar-refractivity contribution >= 4 is 10.9 Å². The Morgan fingerprint density at radius 1 is 0.964 bits per heavy atom. The quantitative estimate of drug-likeness (QED) is 0.498. The zero-order valence-corrected chi connectivity index (χ0v) is 15.8. The first-order chi connectivity index (χ1) is 13.8. The van der Waals surface area contributed by atoms with Crippen molar-refractivity contribution < 1.29 is 4.74 Å². The van der Waals surface area contributed by atoms with Crippen molar-refractivity contribution in [2.75, 3.05) is 13.7 Å². The van der Waals surface area contributed by atoms with Gasteiger partial charge in [-0.15, -0.1) is 0 Å². The van der Waals surface area contributed by atoms with Crippen LogP contribution in [0, 0.1) is 0 Å². The minimum atomic E-state index is 0.736. The average Bonchev–Trinajstić information content (AvgIpc) is 2.77. The van der Waals surface area contributed by atoms with Gasteiger partial charge < -0.3 is 10.1 Å². The van der Waals surface area contributed by atoms with Crippen LogP contribution in [0.25, 0.3) is 22.2 Å². The van der Waals surface area contributed by atoms with E-state index in [1.54, 1.807) is 19.5 Å². The molecule has 0 atom stereocenters. The van der Waals surface area contributed by atoms with Gasteiger partial charge in [0.05, 0.1) is 18.3 Å². The lowest BCUT2D eigenvalue weighted by Gasteiger charge is -2.13. The lowest BCUT2D eigenvalue weighted by Crippen LogP contribution is -2.18. The molecule has 5 heteroatoms. The van der Waals surface area contributed by atoms with Crippen LogP contribution in [0.5, 0.6) is 5.75 Å². The third-order valence-electron chi connectivity index (χ3n) is 4.66. The molecule has 0 aliphatic heterocycles.